The summed E-state index contributed by atoms with van der Waals surface area (Å²) in [6, 6.07) is 0. The van der Waals surface area contributed by atoms with Gasteiger partial charge in [-0.05, 0) is 0 Å². The number of aliphatic hydroxyl groups is 1. The Morgan fingerprint density at radius 3 is 1.14 bits per heavy atom. The van der Waals surface area contributed by atoms with Crippen molar-refractivity contribution in [2.24, 2.45) is 0 Å². The molecule has 0 rings (SSSR count). The molecule has 6 heteroatoms. The minimum atomic E-state index is -4.01. The van der Waals surface area contributed by atoms with Gasteiger partial charge >= 0.3 is 0 Å². The average Bonchev–Trinajstić information content (AvgIpc) is 1.41. The molecule has 0 heterocycles. The smallest absolute Gasteiger partial charge is 0.282 e. The van der Waals surface area contributed by atoms with Crippen molar-refractivity contribution in [3.63, 3.8) is 0 Å². The third-order valence-electron chi connectivity index (χ3n) is 0. The molecule has 0 aromatic heterocycles. The predicted octanol–water partition coefficient (Wildman–Crippen LogP) is -6.96. The van der Waals surface area contributed by atoms with Crippen LogP contribution >= 0.6 is 0 Å². The van der Waals surface area contributed by atoms with Gasteiger partial charge in [0.25, 0.3) is 21.1 Å². The third kappa shape index (κ3) is 136. The van der Waals surface area contributed by atoms with E-state index in [0.717, 1.165) is 7.11 Å². The van der Waals surface area contributed by atoms with E-state index in [1.807, 2.05) is 0 Å². The average molecular weight is 272 g/mol. The Hall–Kier alpha value is 1.19. The monoisotopic (exact) mass is 271 g/mol. The van der Waals surface area contributed by atoms with Gasteiger partial charge in [0.1, 0.15) is 0 Å². The first-order valence-corrected chi connectivity index (χ1v) is 3.55. The summed E-state index contributed by atoms with van der Waals surface area (Å²) in [7, 11) is 1.00. The van der Waals surface area contributed by atoms with E-state index >= 15 is 0 Å². The van der Waals surface area contributed by atoms with Gasteiger partial charge in [-0.15, -0.1) is 0 Å². The van der Waals surface area contributed by atoms with Crippen LogP contribution < -0.4 is 31.4 Å². The topological polar surface area (TPSA) is 89.4 Å². The van der Waals surface area contributed by atoms with Crippen LogP contribution in [0.3, 0.4) is 0 Å². The standard InChI is InChI=1S/CH4O.IO3.Zn/c1-2;2-1(3)4;/h2H,1H3;;/q;-1;. The number of hydrogen-bond donors (Lipinski definition) is 1. The molecule has 0 amide bonds. The molecule has 4 nitrogen and oxygen atoms in total. The Balaban J connectivity index is -0.0000000480. The molecule has 0 aliphatic heterocycles. The molecule has 0 saturated carbocycles. The predicted molar refractivity (Wildman–Crippen MR) is 8.14 cm³/mol. The van der Waals surface area contributed by atoms with Crippen LogP contribution in [-0.4, -0.2) is 12.2 Å². The normalized spacial score (nSPS) is 6.00. The summed E-state index contributed by atoms with van der Waals surface area (Å²) >= 11 is -4.01. The van der Waals surface area contributed by atoms with Crippen LogP contribution in [0.2, 0.25) is 0 Å². The zero-order valence-electron chi connectivity index (χ0n) is 3.76. The molecule has 0 aliphatic carbocycles. The van der Waals surface area contributed by atoms with Gasteiger partial charge < -0.3 is 15.4 Å². The Bertz CT molecular complexity index is 16.4. The molecule has 0 radical (unpaired) electrons. The summed E-state index contributed by atoms with van der Waals surface area (Å²) < 4.78 is 25.7. The van der Waals surface area contributed by atoms with E-state index in [4.69, 9.17) is 15.4 Å². The summed E-state index contributed by atoms with van der Waals surface area (Å²) in [4.78, 5) is 0. The van der Waals surface area contributed by atoms with E-state index in [2.05, 4.69) is 0 Å². The Morgan fingerprint density at radius 2 is 1.14 bits per heavy atom. The van der Waals surface area contributed by atoms with E-state index in [-0.39, 0.29) is 19.5 Å². The van der Waals surface area contributed by atoms with Crippen LogP contribution in [0, 0.1) is 0 Å². The van der Waals surface area contributed by atoms with Crippen LogP contribution in [-0.2, 0) is 19.5 Å². The molecule has 0 aromatic rings. The second-order valence-electron chi connectivity index (χ2n) is 0.189. The van der Waals surface area contributed by atoms with Gasteiger partial charge in [0, 0.05) is 26.6 Å². The van der Waals surface area contributed by atoms with Gasteiger partial charge in [0.05, 0.1) is 0 Å². The SMILES string of the molecule is CO.[O-][I+2]([O-])[O-].[Zn]. The van der Waals surface area contributed by atoms with Crippen molar-refractivity contribution >= 4 is 0 Å². The van der Waals surface area contributed by atoms with Crippen molar-refractivity contribution in [3.8, 4) is 0 Å². The minimum absolute atomic E-state index is 0. The van der Waals surface area contributed by atoms with Gasteiger partial charge in [-0.3, -0.25) is 0 Å². The van der Waals surface area contributed by atoms with Crippen molar-refractivity contribution in [2.75, 3.05) is 7.11 Å². The molecule has 0 atom stereocenters. The van der Waals surface area contributed by atoms with Gasteiger partial charge in [-0.1, -0.05) is 0 Å². The molecule has 0 aliphatic rings. The van der Waals surface area contributed by atoms with E-state index < -0.39 is 21.1 Å². The molecular formula is CH4IO4Zn-. The number of aliphatic hydroxyl groups excluding tert-OH is 1. The number of halogens is 1. The first-order chi connectivity index (χ1) is 2.73. The van der Waals surface area contributed by atoms with Crippen LogP contribution in [0.5, 0.6) is 0 Å². The first-order valence-electron chi connectivity index (χ1n) is 0.910. The molecule has 0 fully saturated rings. The maximum Gasteiger partial charge on any atom is 0.282 e. The minimum Gasteiger partial charge on any atom is -0.427 e. The maximum atomic E-state index is 8.57. The fourth-order valence-corrected chi connectivity index (χ4v) is 0. The van der Waals surface area contributed by atoms with E-state index in [1.54, 1.807) is 0 Å². The zero-order chi connectivity index (χ0) is 5.58. The van der Waals surface area contributed by atoms with E-state index in [0.29, 0.717) is 0 Å². The van der Waals surface area contributed by atoms with Crippen LogP contribution in [0.15, 0.2) is 0 Å². The fraction of sp³-hybridized carbons (Fsp3) is 1.00. The van der Waals surface area contributed by atoms with Crippen molar-refractivity contribution in [2.45, 2.75) is 0 Å². The molecule has 0 unspecified atom stereocenters. The molecule has 0 spiro atoms. The Labute approximate surface area is 63.0 Å². The van der Waals surface area contributed by atoms with Crippen LogP contribution in [0.25, 0.3) is 0 Å². The van der Waals surface area contributed by atoms with Crippen LogP contribution in [0.1, 0.15) is 0 Å². The number of rotatable bonds is 0. The molecule has 7 heavy (non-hydrogen) atoms. The molecule has 0 saturated heterocycles. The van der Waals surface area contributed by atoms with Crippen molar-refractivity contribution < 1.29 is 56.0 Å². The quantitative estimate of drug-likeness (QED) is 0.350. The number of hydrogen-bond acceptors (Lipinski definition) is 4. The molecule has 42 valence electrons. The molecular weight excluding hydrogens is 268 g/mol. The Kier molecular flexibility index (Phi) is 35.2. The van der Waals surface area contributed by atoms with Crippen molar-refractivity contribution in [3.05, 3.63) is 0 Å². The molecule has 1 N–H and O–H groups in total. The van der Waals surface area contributed by atoms with Gasteiger partial charge in [-0.25, -0.2) is 0 Å². The van der Waals surface area contributed by atoms with E-state index in [1.165, 1.54) is 0 Å². The third-order valence-corrected chi connectivity index (χ3v) is 0. The maximum absolute atomic E-state index is 8.57. The Morgan fingerprint density at radius 1 is 1.14 bits per heavy atom. The summed E-state index contributed by atoms with van der Waals surface area (Å²) in [5.74, 6) is 0. The summed E-state index contributed by atoms with van der Waals surface area (Å²) in [6.07, 6.45) is 0. The van der Waals surface area contributed by atoms with Gasteiger partial charge in [0.15, 0.2) is 0 Å². The zero-order valence-corrected chi connectivity index (χ0v) is 8.88. The first kappa shape index (κ1) is 15.7. The van der Waals surface area contributed by atoms with Crippen molar-refractivity contribution in [1.82, 2.24) is 0 Å². The molecule has 0 aromatic carbocycles. The molecule has 0 bridgehead atoms. The van der Waals surface area contributed by atoms with E-state index in [9.17, 15) is 0 Å². The fourth-order valence-electron chi connectivity index (χ4n) is 0. The van der Waals surface area contributed by atoms with Gasteiger partial charge in [-0.2, -0.15) is 0 Å². The summed E-state index contributed by atoms with van der Waals surface area (Å²) in [6.45, 7) is 0. The summed E-state index contributed by atoms with van der Waals surface area (Å²) in [5, 5.41) is 7.00. The van der Waals surface area contributed by atoms with Gasteiger partial charge in [0.2, 0.25) is 0 Å². The summed E-state index contributed by atoms with van der Waals surface area (Å²) in [5.41, 5.74) is 0. The van der Waals surface area contributed by atoms with Crippen molar-refractivity contribution in [1.29, 1.82) is 0 Å². The second-order valence-corrected chi connectivity index (χ2v) is 1.27. The largest absolute Gasteiger partial charge is 0.427 e. The van der Waals surface area contributed by atoms with Crippen LogP contribution in [0.4, 0.5) is 0 Å². The second kappa shape index (κ2) is 15.7.